The molecule has 1 atom stereocenters. The highest BCUT2D eigenvalue weighted by molar-refractivity contribution is 7.99. The van der Waals surface area contributed by atoms with Gasteiger partial charge in [-0.2, -0.15) is 5.10 Å². The van der Waals surface area contributed by atoms with Crippen molar-refractivity contribution in [3.63, 3.8) is 0 Å². The van der Waals surface area contributed by atoms with Crippen LogP contribution in [0.3, 0.4) is 0 Å². The Morgan fingerprint density at radius 2 is 2.38 bits per heavy atom. The zero-order chi connectivity index (χ0) is 15.2. The van der Waals surface area contributed by atoms with Crippen molar-refractivity contribution in [2.75, 3.05) is 12.4 Å². The van der Waals surface area contributed by atoms with Crippen LogP contribution in [0, 0.1) is 5.92 Å². The topological polar surface area (TPSA) is 34.9 Å². The van der Waals surface area contributed by atoms with Gasteiger partial charge in [-0.05, 0) is 25.2 Å². The van der Waals surface area contributed by atoms with E-state index in [0.29, 0.717) is 12.3 Å². The summed E-state index contributed by atoms with van der Waals surface area (Å²) in [6, 6.07) is 0. The summed E-state index contributed by atoms with van der Waals surface area (Å²) in [6.07, 6.45) is 10.4. The molecule has 0 radical (unpaired) electrons. The average molecular weight is 329 g/mol. The van der Waals surface area contributed by atoms with Crippen molar-refractivity contribution < 1.29 is 4.39 Å². The van der Waals surface area contributed by atoms with Gasteiger partial charge < -0.3 is 0 Å². The van der Waals surface area contributed by atoms with E-state index in [2.05, 4.69) is 23.3 Å². The van der Waals surface area contributed by atoms with Gasteiger partial charge in [0.25, 0.3) is 5.56 Å². The van der Waals surface area contributed by atoms with Crippen molar-refractivity contribution in [2.45, 2.75) is 24.2 Å². The second-order valence-electron chi connectivity index (χ2n) is 4.99. The number of rotatable bonds is 6. The molecule has 1 aliphatic carbocycles. The fourth-order valence-corrected chi connectivity index (χ4v) is 3.39. The Bertz CT molecular complexity index is 612. The van der Waals surface area contributed by atoms with Crippen LogP contribution in [0.1, 0.15) is 19.3 Å². The van der Waals surface area contributed by atoms with Gasteiger partial charge in [0.1, 0.15) is 5.02 Å². The lowest BCUT2D eigenvalue weighted by Gasteiger charge is -2.16. The van der Waals surface area contributed by atoms with E-state index in [1.165, 1.54) is 10.3 Å². The van der Waals surface area contributed by atoms with Crippen LogP contribution in [0.5, 0.6) is 0 Å². The number of alkyl halides is 1. The molecule has 0 bridgehead atoms. The molecule has 0 aromatic carbocycles. The molecule has 0 fully saturated rings. The zero-order valence-corrected chi connectivity index (χ0v) is 13.5. The van der Waals surface area contributed by atoms with E-state index in [9.17, 15) is 9.18 Å². The van der Waals surface area contributed by atoms with Crippen LogP contribution in [0.4, 0.5) is 4.39 Å². The quantitative estimate of drug-likeness (QED) is 0.745. The van der Waals surface area contributed by atoms with Crippen molar-refractivity contribution in [3.05, 3.63) is 45.4 Å². The second kappa shape index (κ2) is 7.80. The molecule has 1 aromatic heterocycles. The molecule has 1 aromatic rings. The van der Waals surface area contributed by atoms with Gasteiger partial charge in [-0.1, -0.05) is 35.4 Å². The molecule has 6 heteroatoms. The standard InChI is InChI=1S/C15H18ClFN2OS/c1-19-15(20)14(16)13(9-18-19)21-10-12-6-4-11(5-7-12)3-2-8-17/h4-6,9,12H,2-3,7-8,10H2,1H3. The van der Waals surface area contributed by atoms with Crippen LogP contribution in [0.2, 0.25) is 5.02 Å². The van der Waals surface area contributed by atoms with E-state index in [-0.39, 0.29) is 17.3 Å². The van der Waals surface area contributed by atoms with Crippen LogP contribution in [0.15, 0.2) is 39.7 Å². The highest BCUT2D eigenvalue weighted by Gasteiger charge is 2.13. The lowest BCUT2D eigenvalue weighted by molar-refractivity contribution is 0.473. The maximum absolute atomic E-state index is 12.1. The molecule has 0 saturated heterocycles. The minimum absolute atomic E-state index is 0.233. The Kier molecular flexibility index (Phi) is 6.06. The molecule has 0 spiro atoms. The Balaban J connectivity index is 1.88. The molecule has 0 aliphatic heterocycles. The van der Waals surface area contributed by atoms with Crippen LogP contribution in [0.25, 0.3) is 0 Å². The molecule has 0 saturated carbocycles. The van der Waals surface area contributed by atoms with Gasteiger partial charge in [0, 0.05) is 12.8 Å². The predicted octanol–water partition coefficient (Wildman–Crippen LogP) is 3.78. The Labute approximate surface area is 132 Å². The molecular formula is C15H18ClFN2OS. The van der Waals surface area contributed by atoms with E-state index in [4.69, 9.17) is 11.6 Å². The van der Waals surface area contributed by atoms with Gasteiger partial charge >= 0.3 is 0 Å². The van der Waals surface area contributed by atoms with Crippen molar-refractivity contribution in [1.82, 2.24) is 9.78 Å². The first kappa shape index (κ1) is 16.3. The Hall–Kier alpha value is -1.07. The van der Waals surface area contributed by atoms with Gasteiger partial charge in [-0.15, -0.1) is 11.8 Å². The molecular weight excluding hydrogens is 311 g/mol. The van der Waals surface area contributed by atoms with Gasteiger partial charge in [-0.25, -0.2) is 4.68 Å². The van der Waals surface area contributed by atoms with Crippen molar-refractivity contribution >= 4 is 23.4 Å². The van der Waals surface area contributed by atoms with E-state index < -0.39 is 0 Å². The highest BCUT2D eigenvalue weighted by atomic mass is 35.5. The summed E-state index contributed by atoms with van der Waals surface area (Å²) in [7, 11) is 1.58. The first-order valence-corrected chi connectivity index (χ1v) is 8.26. The summed E-state index contributed by atoms with van der Waals surface area (Å²) in [5, 5.41) is 4.22. The van der Waals surface area contributed by atoms with Crippen LogP contribution < -0.4 is 5.56 Å². The molecule has 3 nitrogen and oxygen atoms in total. The molecule has 0 amide bonds. The third kappa shape index (κ3) is 4.45. The number of hydrogen-bond donors (Lipinski definition) is 0. The van der Waals surface area contributed by atoms with E-state index in [1.807, 2.05) is 0 Å². The smallest absolute Gasteiger partial charge is 0.266 e. The summed E-state index contributed by atoms with van der Waals surface area (Å²) in [5.74, 6) is 1.25. The molecule has 1 aliphatic rings. The van der Waals surface area contributed by atoms with Crippen molar-refractivity contribution in [3.8, 4) is 0 Å². The monoisotopic (exact) mass is 328 g/mol. The summed E-state index contributed by atoms with van der Waals surface area (Å²) >= 11 is 7.58. The van der Waals surface area contributed by atoms with Gasteiger partial charge in [-0.3, -0.25) is 9.18 Å². The van der Waals surface area contributed by atoms with Crippen molar-refractivity contribution in [1.29, 1.82) is 0 Å². The largest absolute Gasteiger partial charge is 0.286 e. The number of aryl methyl sites for hydroxylation is 1. The maximum Gasteiger partial charge on any atom is 0.286 e. The molecule has 2 rings (SSSR count). The van der Waals surface area contributed by atoms with Crippen molar-refractivity contribution in [2.24, 2.45) is 13.0 Å². The number of nitrogens with zero attached hydrogens (tertiary/aromatic N) is 2. The predicted molar refractivity (Wildman–Crippen MR) is 85.8 cm³/mol. The fourth-order valence-electron chi connectivity index (χ4n) is 2.08. The number of allylic oxidation sites excluding steroid dienone is 4. The lowest BCUT2D eigenvalue weighted by Crippen LogP contribution is -2.20. The number of halogens is 2. The molecule has 114 valence electrons. The highest BCUT2D eigenvalue weighted by Crippen LogP contribution is 2.29. The Morgan fingerprint density at radius 3 is 3.05 bits per heavy atom. The first-order chi connectivity index (χ1) is 10.1. The summed E-state index contributed by atoms with van der Waals surface area (Å²) in [5.41, 5.74) is 0.941. The molecule has 1 unspecified atom stereocenters. The minimum atomic E-state index is -0.269. The average Bonchev–Trinajstić information content (AvgIpc) is 2.51. The van der Waals surface area contributed by atoms with Crippen LogP contribution >= 0.6 is 23.4 Å². The molecule has 0 N–H and O–H groups in total. The lowest BCUT2D eigenvalue weighted by atomic mass is 9.96. The summed E-state index contributed by atoms with van der Waals surface area (Å²) in [4.78, 5) is 12.4. The Morgan fingerprint density at radius 1 is 1.57 bits per heavy atom. The van der Waals surface area contributed by atoms with Gasteiger partial charge in [0.05, 0.1) is 17.8 Å². The van der Waals surface area contributed by atoms with E-state index in [1.54, 1.807) is 25.0 Å². The third-order valence-corrected chi connectivity index (χ3v) is 5.06. The third-order valence-electron chi connectivity index (χ3n) is 3.36. The second-order valence-corrected chi connectivity index (χ2v) is 6.43. The summed E-state index contributed by atoms with van der Waals surface area (Å²) < 4.78 is 13.4. The number of aromatic nitrogens is 2. The molecule has 21 heavy (non-hydrogen) atoms. The van der Waals surface area contributed by atoms with E-state index in [0.717, 1.165) is 23.5 Å². The molecule has 1 heterocycles. The van der Waals surface area contributed by atoms with Crippen LogP contribution in [-0.4, -0.2) is 22.2 Å². The SMILES string of the molecule is Cn1ncc(SCC2C=CC(CCCF)=CC2)c(Cl)c1=O. The normalized spacial score (nSPS) is 17.9. The first-order valence-electron chi connectivity index (χ1n) is 6.89. The van der Waals surface area contributed by atoms with E-state index >= 15 is 0 Å². The van der Waals surface area contributed by atoms with Crippen LogP contribution in [-0.2, 0) is 7.05 Å². The fraction of sp³-hybridized carbons (Fsp3) is 0.467. The number of hydrogen-bond acceptors (Lipinski definition) is 3. The number of thioether (sulfide) groups is 1. The summed E-state index contributed by atoms with van der Waals surface area (Å²) in [6.45, 7) is -0.265. The zero-order valence-electron chi connectivity index (χ0n) is 11.9. The van der Waals surface area contributed by atoms with Gasteiger partial charge in [0.2, 0.25) is 0 Å². The minimum Gasteiger partial charge on any atom is -0.266 e. The maximum atomic E-state index is 12.1. The van der Waals surface area contributed by atoms with Gasteiger partial charge in [0.15, 0.2) is 0 Å².